The average molecular weight is 474 g/mol. The van der Waals surface area contributed by atoms with Crippen LogP contribution >= 0.6 is 23.2 Å². The lowest BCUT2D eigenvalue weighted by Crippen LogP contribution is -2.41. The van der Waals surface area contributed by atoms with Crippen molar-refractivity contribution in [1.29, 1.82) is 0 Å². The van der Waals surface area contributed by atoms with E-state index in [4.69, 9.17) is 23.2 Å². The Bertz CT molecular complexity index is 918. The van der Waals surface area contributed by atoms with E-state index in [2.05, 4.69) is 20.2 Å². The second kappa shape index (κ2) is 9.38. The largest absolute Gasteiger partial charge is 0.421 e. The van der Waals surface area contributed by atoms with Crippen LogP contribution in [0.2, 0.25) is 10.0 Å². The Labute approximate surface area is 189 Å². The molecule has 168 valence electrons. The number of nitrogens with zero attached hydrogens (tertiary/aromatic N) is 4. The van der Waals surface area contributed by atoms with Crippen molar-refractivity contribution in [1.82, 2.24) is 14.9 Å². The molecule has 5 nitrogen and oxygen atoms in total. The summed E-state index contributed by atoms with van der Waals surface area (Å²) in [5.74, 6) is 0.341. The van der Waals surface area contributed by atoms with Gasteiger partial charge >= 0.3 is 6.18 Å². The molecule has 0 spiro atoms. The first-order valence-corrected chi connectivity index (χ1v) is 11.2. The summed E-state index contributed by atoms with van der Waals surface area (Å²) in [6.45, 7) is 4.19. The van der Waals surface area contributed by atoms with Gasteiger partial charge in [-0.05, 0) is 62.9 Å². The average Bonchev–Trinajstić information content (AvgIpc) is 3.23. The molecule has 1 unspecified atom stereocenters. The molecular weight excluding hydrogens is 450 g/mol. The zero-order valence-electron chi connectivity index (χ0n) is 16.9. The van der Waals surface area contributed by atoms with E-state index in [0.29, 0.717) is 34.7 Å². The summed E-state index contributed by atoms with van der Waals surface area (Å²) in [5, 5.41) is 3.65. The van der Waals surface area contributed by atoms with Gasteiger partial charge in [-0.2, -0.15) is 18.2 Å². The van der Waals surface area contributed by atoms with Gasteiger partial charge < -0.3 is 15.1 Å². The maximum Gasteiger partial charge on any atom is 0.421 e. The van der Waals surface area contributed by atoms with Crippen molar-refractivity contribution in [2.24, 2.45) is 5.92 Å². The Morgan fingerprint density at radius 3 is 2.55 bits per heavy atom. The van der Waals surface area contributed by atoms with Gasteiger partial charge in [-0.1, -0.05) is 23.2 Å². The van der Waals surface area contributed by atoms with Crippen LogP contribution in [0.25, 0.3) is 0 Å². The van der Waals surface area contributed by atoms with Gasteiger partial charge in [0.05, 0.1) is 10.0 Å². The maximum atomic E-state index is 13.7. The summed E-state index contributed by atoms with van der Waals surface area (Å²) in [6, 6.07) is 4.85. The van der Waals surface area contributed by atoms with Gasteiger partial charge in [0.15, 0.2) is 0 Å². The van der Waals surface area contributed by atoms with Gasteiger partial charge in [0.1, 0.15) is 11.4 Å². The van der Waals surface area contributed by atoms with Crippen LogP contribution in [-0.4, -0.2) is 47.6 Å². The summed E-state index contributed by atoms with van der Waals surface area (Å²) < 4.78 is 41.1. The molecule has 0 radical (unpaired) electrons. The Kier molecular flexibility index (Phi) is 6.79. The quantitative estimate of drug-likeness (QED) is 0.589. The molecule has 2 aromatic rings. The summed E-state index contributed by atoms with van der Waals surface area (Å²) in [7, 11) is 0. The molecule has 0 amide bonds. The molecule has 2 aliphatic heterocycles. The summed E-state index contributed by atoms with van der Waals surface area (Å²) in [6.07, 6.45) is 0.587. The van der Waals surface area contributed by atoms with Gasteiger partial charge in [0.2, 0.25) is 5.95 Å². The molecule has 10 heteroatoms. The van der Waals surface area contributed by atoms with Crippen LogP contribution in [0.4, 0.5) is 30.6 Å². The minimum Gasteiger partial charge on any atom is -0.356 e. The molecule has 0 saturated carbocycles. The third kappa shape index (κ3) is 5.54. The van der Waals surface area contributed by atoms with E-state index in [1.165, 1.54) is 12.8 Å². The molecule has 1 aromatic heterocycles. The van der Waals surface area contributed by atoms with E-state index in [9.17, 15) is 13.2 Å². The second-order valence-electron chi connectivity index (χ2n) is 8.14. The minimum absolute atomic E-state index is 0.0730. The number of piperidine rings is 1. The van der Waals surface area contributed by atoms with Crippen LogP contribution in [0.15, 0.2) is 24.4 Å². The fourth-order valence-corrected chi connectivity index (χ4v) is 4.61. The van der Waals surface area contributed by atoms with Crippen LogP contribution < -0.4 is 10.2 Å². The van der Waals surface area contributed by atoms with Crippen molar-refractivity contribution in [3.63, 3.8) is 0 Å². The lowest BCUT2D eigenvalue weighted by Gasteiger charge is -2.36. The molecule has 3 heterocycles. The molecule has 1 aromatic carbocycles. The first-order chi connectivity index (χ1) is 14.8. The van der Waals surface area contributed by atoms with Crippen molar-refractivity contribution >= 4 is 40.7 Å². The molecule has 0 bridgehead atoms. The Hall–Kier alpha value is -1.77. The van der Waals surface area contributed by atoms with E-state index in [0.717, 1.165) is 38.7 Å². The van der Waals surface area contributed by atoms with E-state index in [-0.39, 0.29) is 11.8 Å². The molecule has 0 aliphatic carbocycles. The number of alkyl halides is 3. The standard InChI is InChI=1S/C21H24Cl2F3N5/c22-17-6-5-15(10-18(17)23)28-20-27-11-16(21(24,25)26)19(29-20)31-9-3-4-14(13-31)12-30-7-1-2-8-30/h5-6,10-11,14H,1-4,7-9,12-13H2,(H,27,28,29). The van der Waals surface area contributed by atoms with E-state index < -0.39 is 11.7 Å². The molecular formula is C21H24Cl2F3N5. The fourth-order valence-electron chi connectivity index (χ4n) is 4.31. The lowest BCUT2D eigenvalue weighted by molar-refractivity contribution is -0.137. The number of benzene rings is 1. The number of halogens is 5. The van der Waals surface area contributed by atoms with Crippen LogP contribution in [0.5, 0.6) is 0 Å². The van der Waals surface area contributed by atoms with Crippen LogP contribution in [0.3, 0.4) is 0 Å². The van der Waals surface area contributed by atoms with E-state index in [1.807, 2.05) is 0 Å². The molecule has 2 fully saturated rings. The van der Waals surface area contributed by atoms with E-state index >= 15 is 0 Å². The third-order valence-corrected chi connectivity index (χ3v) is 6.52. The summed E-state index contributed by atoms with van der Waals surface area (Å²) in [4.78, 5) is 12.3. The number of likely N-dealkylation sites (tertiary alicyclic amines) is 1. The Balaban J connectivity index is 1.57. The smallest absolute Gasteiger partial charge is 0.356 e. The molecule has 4 rings (SSSR count). The van der Waals surface area contributed by atoms with Crippen molar-refractivity contribution in [3.8, 4) is 0 Å². The number of nitrogens with one attached hydrogen (secondary N) is 1. The zero-order valence-corrected chi connectivity index (χ0v) is 18.4. The summed E-state index contributed by atoms with van der Waals surface area (Å²) in [5.41, 5.74) is -0.264. The number of hydrogen-bond acceptors (Lipinski definition) is 5. The van der Waals surface area contributed by atoms with E-state index in [1.54, 1.807) is 23.1 Å². The predicted octanol–water partition coefficient (Wildman–Crippen LogP) is 5.86. The van der Waals surface area contributed by atoms with Crippen molar-refractivity contribution in [2.45, 2.75) is 31.9 Å². The van der Waals surface area contributed by atoms with Gasteiger partial charge in [-0.3, -0.25) is 0 Å². The zero-order chi connectivity index (χ0) is 22.0. The monoisotopic (exact) mass is 473 g/mol. The normalized spacial score (nSPS) is 20.3. The third-order valence-electron chi connectivity index (χ3n) is 5.78. The lowest BCUT2D eigenvalue weighted by atomic mass is 9.97. The number of rotatable bonds is 5. The van der Waals surface area contributed by atoms with Crippen molar-refractivity contribution in [2.75, 3.05) is 42.9 Å². The molecule has 2 saturated heterocycles. The van der Waals surface area contributed by atoms with Crippen molar-refractivity contribution < 1.29 is 13.2 Å². The number of hydrogen-bond donors (Lipinski definition) is 1. The Morgan fingerprint density at radius 1 is 1.06 bits per heavy atom. The van der Waals surface area contributed by atoms with Crippen LogP contribution in [-0.2, 0) is 6.18 Å². The van der Waals surface area contributed by atoms with Crippen molar-refractivity contribution in [3.05, 3.63) is 40.0 Å². The first kappa shape index (κ1) is 22.4. The topological polar surface area (TPSA) is 44.3 Å². The molecule has 2 aliphatic rings. The predicted molar refractivity (Wildman–Crippen MR) is 117 cm³/mol. The van der Waals surface area contributed by atoms with Crippen LogP contribution in [0, 0.1) is 5.92 Å². The highest BCUT2D eigenvalue weighted by Crippen LogP contribution is 2.37. The highest BCUT2D eigenvalue weighted by atomic mass is 35.5. The van der Waals surface area contributed by atoms with Gasteiger partial charge in [0.25, 0.3) is 0 Å². The maximum absolute atomic E-state index is 13.7. The molecule has 1 N–H and O–H groups in total. The van der Waals surface area contributed by atoms with Crippen LogP contribution in [0.1, 0.15) is 31.2 Å². The second-order valence-corrected chi connectivity index (χ2v) is 8.96. The van der Waals surface area contributed by atoms with Gasteiger partial charge in [0, 0.05) is 31.5 Å². The Morgan fingerprint density at radius 2 is 1.84 bits per heavy atom. The highest BCUT2D eigenvalue weighted by molar-refractivity contribution is 6.42. The molecule has 31 heavy (non-hydrogen) atoms. The minimum atomic E-state index is -4.53. The fraction of sp³-hybridized carbons (Fsp3) is 0.524. The van der Waals surface area contributed by atoms with Gasteiger partial charge in [-0.15, -0.1) is 0 Å². The number of anilines is 3. The van der Waals surface area contributed by atoms with Gasteiger partial charge in [-0.25, -0.2) is 4.98 Å². The SMILES string of the molecule is FC(F)(F)c1cnc(Nc2ccc(Cl)c(Cl)c2)nc1N1CCCC(CN2CCCC2)C1. The first-order valence-electron chi connectivity index (χ1n) is 10.4. The number of aromatic nitrogens is 2. The summed E-state index contributed by atoms with van der Waals surface area (Å²) >= 11 is 12.0. The molecule has 1 atom stereocenters. The highest BCUT2D eigenvalue weighted by Gasteiger charge is 2.38.